The van der Waals surface area contributed by atoms with Gasteiger partial charge in [-0.05, 0) is 11.1 Å². The number of benzene rings is 2. The molecular weight excluding hydrogens is 412 g/mol. The van der Waals surface area contributed by atoms with Crippen LogP contribution in [0.25, 0.3) is 0 Å². The molecule has 0 saturated heterocycles. The second kappa shape index (κ2) is 8.25. The lowest BCUT2D eigenvalue weighted by Crippen LogP contribution is -2.40. The summed E-state index contributed by atoms with van der Waals surface area (Å²) in [6.45, 7) is -0.347. The Labute approximate surface area is 167 Å². The maximum absolute atomic E-state index is 13.7. The Morgan fingerprint density at radius 3 is 1.87 bits per heavy atom. The molecule has 0 fully saturated rings. The largest absolute Gasteiger partial charge is 0.451 e. The zero-order chi connectivity index (χ0) is 21.9. The van der Waals surface area contributed by atoms with E-state index in [4.69, 9.17) is 0 Å². The van der Waals surface area contributed by atoms with Crippen LogP contribution in [0.3, 0.4) is 0 Å². The molecule has 0 radical (unpaired) electrons. The van der Waals surface area contributed by atoms with Crippen LogP contribution in [0.5, 0.6) is 0 Å². The summed E-state index contributed by atoms with van der Waals surface area (Å²) in [6, 6.07) is 16.0. The highest BCUT2D eigenvalue weighted by molar-refractivity contribution is 5.94. The number of allylic oxidation sites excluding steroid dienone is 3. The zero-order valence-corrected chi connectivity index (χ0v) is 15.3. The molecule has 0 unspecified atom stereocenters. The molecule has 0 atom stereocenters. The highest BCUT2D eigenvalue weighted by atomic mass is 19.4. The SMILES string of the molecule is O=C1/C(=C\C(F)(F)F)OC(C(F)(F)F)=C(Cc2ccccc2)N1Cc1ccccc1. The second-order valence-corrected chi connectivity index (χ2v) is 6.47. The Morgan fingerprint density at radius 1 is 0.833 bits per heavy atom. The minimum atomic E-state index is -5.11. The molecule has 0 N–H and O–H groups in total. The number of hydrogen-bond acceptors (Lipinski definition) is 2. The smallest absolute Gasteiger partial charge is 0.444 e. The van der Waals surface area contributed by atoms with Crippen molar-refractivity contribution in [3.8, 4) is 0 Å². The Kier molecular flexibility index (Phi) is 5.91. The van der Waals surface area contributed by atoms with Crippen LogP contribution < -0.4 is 0 Å². The molecule has 0 spiro atoms. The molecular formula is C21H15F6NO2. The number of carbonyl (C=O) groups is 1. The van der Waals surface area contributed by atoms with Gasteiger partial charge in [-0.2, -0.15) is 26.3 Å². The van der Waals surface area contributed by atoms with Crippen molar-refractivity contribution in [2.45, 2.75) is 25.3 Å². The zero-order valence-electron chi connectivity index (χ0n) is 15.3. The Morgan fingerprint density at radius 2 is 1.37 bits per heavy atom. The van der Waals surface area contributed by atoms with E-state index >= 15 is 0 Å². The summed E-state index contributed by atoms with van der Waals surface area (Å²) in [5.41, 5.74) is 0.333. The lowest BCUT2D eigenvalue weighted by Gasteiger charge is -2.34. The van der Waals surface area contributed by atoms with E-state index in [-0.39, 0.29) is 13.0 Å². The fraction of sp³-hybridized carbons (Fsp3) is 0.190. The van der Waals surface area contributed by atoms with Gasteiger partial charge >= 0.3 is 12.4 Å². The first-order chi connectivity index (χ1) is 14.0. The number of rotatable bonds is 4. The summed E-state index contributed by atoms with van der Waals surface area (Å²) in [6.07, 6.45) is -11.0. The van der Waals surface area contributed by atoms with E-state index in [2.05, 4.69) is 4.74 Å². The summed E-state index contributed by atoms with van der Waals surface area (Å²) in [4.78, 5) is 13.4. The van der Waals surface area contributed by atoms with Gasteiger partial charge in [0.15, 0.2) is 5.76 Å². The van der Waals surface area contributed by atoms with Crippen molar-refractivity contribution in [1.82, 2.24) is 4.90 Å². The number of hydrogen-bond donors (Lipinski definition) is 0. The van der Waals surface area contributed by atoms with Crippen LogP contribution in [0.1, 0.15) is 11.1 Å². The molecule has 1 heterocycles. The van der Waals surface area contributed by atoms with Crippen molar-refractivity contribution in [2.75, 3.05) is 0 Å². The predicted molar refractivity (Wildman–Crippen MR) is 95.4 cm³/mol. The fourth-order valence-electron chi connectivity index (χ4n) is 2.95. The Balaban J connectivity index is 2.14. The molecule has 2 aromatic rings. The van der Waals surface area contributed by atoms with Crippen LogP contribution in [-0.4, -0.2) is 23.2 Å². The number of alkyl halides is 6. The van der Waals surface area contributed by atoms with Crippen molar-refractivity contribution in [1.29, 1.82) is 0 Å². The maximum Gasteiger partial charge on any atom is 0.451 e. The van der Waals surface area contributed by atoms with E-state index in [1.165, 1.54) is 0 Å². The van der Waals surface area contributed by atoms with Crippen LogP contribution in [0.15, 0.2) is 84.0 Å². The number of nitrogens with zero attached hydrogens (tertiary/aromatic N) is 1. The fourth-order valence-corrected chi connectivity index (χ4v) is 2.95. The monoisotopic (exact) mass is 427 g/mol. The maximum atomic E-state index is 13.7. The normalized spacial score (nSPS) is 16.8. The molecule has 0 aromatic heterocycles. The van der Waals surface area contributed by atoms with Crippen LogP contribution in [0.4, 0.5) is 26.3 Å². The van der Waals surface area contributed by atoms with Crippen molar-refractivity contribution in [2.24, 2.45) is 0 Å². The topological polar surface area (TPSA) is 29.5 Å². The quantitative estimate of drug-likeness (QED) is 0.476. The van der Waals surface area contributed by atoms with Gasteiger partial charge in [0, 0.05) is 6.42 Å². The highest BCUT2D eigenvalue weighted by Crippen LogP contribution is 2.39. The van der Waals surface area contributed by atoms with Crippen molar-refractivity contribution in [3.63, 3.8) is 0 Å². The van der Waals surface area contributed by atoms with E-state index in [9.17, 15) is 31.1 Å². The number of ether oxygens (including phenoxy) is 1. The summed E-state index contributed by atoms with van der Waals surface area (Å²) in [7, 11) is 0. The predicted octanol–water partition coefficient (Wildman–Crippen LogP) is 5.51. The number of halogens is 6. The van der Waals surface area contributed by atoms with Crippen molar-refractivity contribution >= 4 is 5.91 Å². The van der Waals surface area contributed by atoms with Gasteiger partial charge < -0.3 is 9.64 Å². The van der Waals surface area contributed by atoms with Crippen LogP contribution >= 0.6 is 0 Å². The molecule has 30 heavy (non-hydrogen) atoms. The van der Waals surface area contributed by atoms with Crippen LogP contribution in [0.2, 0.25) is 0 Å². The summed E-state index contributed by atoms with van der Waals surface area (Å²) in [5, 5.41) is 0. The van der Waals surface area contributed by atoms with Crippen LogP contribution in [-0.2, 0) is 22.5 Å². The third kappa shape index (κ3) is 5.22. The van der Waals surface area contributed by atoms with E-state index in [1.807, 2.05) is 0 Å². The lowest BCUT2D eigenvalue weighted by atomic mass is 10.0. The molecule has 1 amide bonds. The average molecular weight is 427 g/mol. The molecule has 0 saturated carbocycles. The second-order valence-electron chi connectivity index (χ2n) is 6.47. The van der Waals surface area contributed by atoms with Gasteiger partial charge in [-0.1, -0.05) is 60.7 Å². The number of amides is 1. The molecule has 1 aliphatic heterocycles. The molecule has 9 heteroatoms. The summed E-state index contributed by atoms with van der Waals surface area (Å²) in [5.74, 6) is -4.37. The first kappa shape index (κ1) is 21.5. The van der Waals surface area contributed by atoms with Crippen molar-refractivity contribution < 1.29 is 35.9 Å². The highest BCUT2D eigenvalue weighted by Gasteiger charge is 2.47. The molecule has 3 rings (SSSR count). The van der Waals surface area contributed by atoms with E-state index in [0.717, 1.165) is 0 Å². The average Bonchev–Trinajstić information content (AvgIpc) is 2.66. The van der Waals surface area contributed by atoms with E-state index < -0.39 is 41.6 Å². The number of carbonyl (C=O) groups excluding carboxylic acids is 1. The Hall–Kier alpha value is -3.23. The van der Waals surface area contributed by atoms with E-state index in [0.29, 0.717) is 16.0 Å². The molecule has 0 aliphatic carbocycles. The summed E-state index contributed by atoms with van der Waals surface area (Å²) < 4.78 is 84.1. The molecule has 0 bridgehead atoms. The van der Waals surface area contributed by atoms with Gasteiger partial charge in [0.25, 0.3) is 5.91 Å². The van der Waals surface area contributed by atoms with Crippen LogP contribution in [0, 0.1) is 0 Å². The third-order valence-electron chi connectivity index (χ3n) is 4.21. The van der Waals surface area contributed by atoms with Gasteiger partial charge in [0.2, 0.25) is 5.76 Å². The molecule has 3 nitrogen and oxygen atoms in total. The van der Waals surface area contributed by atoms with Crippen molar-refractivity contribution in [3.05, 3.63) is 95.1 Å². The minimum absolute atomic E-state index is 0.347. The molecule has 158 valence electrons. The van der Waals surface area contributed by atoms with Gasteiger partial charge in [0.05, 0.1) is 18.3 Å². The first-order valence-electron chi connectivity index (χ1n) is 8.72. The van der Waals surface area contributed by atoms with Gasteiger partial charge in [-0.15, -0.1) is 0 Å². The third-order valence-corrected chi connectivity index (χ3v) is 4.21. The van der Waals surface area contributed by atoms with Gasteiger partial charge in [-0.25, -0.2) is 0 Å². The standard InChI is InChI=1S/C21H15F6NO2/c22-20(23,24)12-17-19(29)28(13-15-9-5-2-6-10-15)16(18(30-17)21(25,26)27)11-14-7-3-1-4-8-14/h1-10,12H,11,13H2/b17-12+. The van der Waals surface area contributed by atoms with Gasteiger partial charge in [-0.3, -0.25) is 4.79 Å². The van der Waals surface area contributed by atoms with E-state index in [1.54, 1.807) is 60.7 Å². The molecule has 1 aliphatic rings. The van der Waals surface area contributed by atoms with Gasteiger partial charge in [0.1, 0.15) is 0 Å². The summed E-state index contributed by atoms with van der Waals surface area (Å²) >= 11 is 0. The first-order valence-corrected chi connectivity index (χ1v) is 8.72. The Bertz CT molecular complexity index is 962. The lowest BCUT2D eigenvalue weighted by molar-refractivity contribution is -0.149. The molecule has 2 aromatic carbocycles. The minimum Gasteiger partial charge on any atom is -0.444 e.